The first-order valence-corrected chi connectivity index (χ1v) is 7.85. The van der Waals surface area contributed by atoms with Crippen molar-refractivity contribution in [2.75, 3.05) is 13.6 Å². The minimum atomic E-state index is -0.537. The van der Waals surface area contributed by atoms with Crippen LogP contribution in [0.15, 0.2) is 21.3 Å². The van der Waals surface area contributed by atoms with E-state index in [1.165, 1.54) is 0 Å². The molecule has 6 heteroatoms. The summed E-state index contributed by atoms with van der Waals surface area (Å²) >= 11 is 1.61. The molecule has 2 heterocycles. The Morgan fingerprint density at radius 1 is 1.45 bits per heavy atom. The highest BCUT2D eigenvalue weighted by Crippen LogP contribution is 2.30. The van der Waals surface area contributed by atoms with Gasteiger partial charge in [0, 0.05) is 17.5 Å². The first-order chi connectivity index (χ1) is 9.65. The van der Waals surface area contributed by atoms with Gasteiger partial charge < -0.3 is 9.63 Å². The lowest BCUT2D eigenvalue weighted by Crippen LogP contribution is -2.38. The van der Waals surface area contributed by atoms with E-state index in [0.717, 1.165) is 31.2 Å². The molecular weight excluding hydrogens is 274 g/mol. The van der Waals surface area contributed by atoms with Crippen LogP contribution >= 0.6 is 11.3 Å². The summed E-state index contributed by atoms with van der Waals surface area (Å²) < 4.78 is 5.28. The molecule has 0 atom stereocenters. The van der Waals surface area contributed by atoms with Crippen molar-refractivity contribution >= 4 is 11.3 Å². The molecular formula is C14H19N3O2S. The van der Waals surface area contributed by atoms with E-state index in [4.69, 9.17) is 4.52 Å². The molecule has 0 unspecified atom stereocenters. The smallest absolute Gasteiger partial charge is 0.241 e. The molecule has 1 aliphatic carbocycles. The summed E-state index contributed by atoms with van der Waals surface area (Å²) in [6.45, 7) is 1.22. The first-order valence-electron chi connectivity index (χ1n) is 6.91. The Morgan fingerprint density at radius 3 is 2.95 bits per heavy atom. The van der Waals surface area contributed by atoms with Crippen molar-refractivity contribution in [2.45, 2.75) is 37.8 Å². The Hall–Kier alpha value is -1.24. The van der Waals surface area contributed by atoms with Gasteiger partial charge in [-0.1, -0.05) is 18.0 Å². The number of aliphatic hydroxyl groups is 1. The fraction of sp³-hybridized carbons (Fsp3) is 0.571. The van der Waals surface area contributed by atoms with Crippen LogP contribution in [0.25, 0.3) is 11.4 Å². The Kier molecular flexibility index (Phi) is 3.87. The van der Waals surface area contributed by atoms with Gasteiger partial charge in [-0.05, 0) is 31.3 Å². The van der Waals surface area contributed by atoms with Gasteiger partial charge in [-0.25, -0.2) is 0 Å². The average molecular weight is 293 g/mol. The number of nitrogens with zero attached hydrogens (tertiary/aromatic N) is 3. The molecule has 0 aromatic carbocycles. The maximum atomic E-state index is 10.4. The van der Waals surface area contributed by atoms with E-state index in [9.17, 15) is 5.11 Å². The van der Waals surface area contributed by atoms with Crippen molar-refractivity contribution in [3.05, 3.63) is 22.7 Å². The topological polar surface area (TPSA) is 62.4 Å². The normalized spacial score (nSPS) is 17.9. The lowest BCUT2D eigenvalue weighted by molar-refractivity contribution is 0.0124. The molecule has 2 aromatic rings. The molecule has 1 aliphatic rings. The van der Waals surface area contributed by atoms with Crippen LogP contribution in [0, 0.1) is 0 Å². The molecule has 20 heavy (non-hydrogen) atoms. The predicted octanol–water partition coefficient (Wildman–Crippen LogP) is 2.54. The van der Waals surface area contributed by atoms with E-state index in [0.29, 0.717) is 24.8 Å². The van der Waals surface area contributed by atoms with Crippen molar-refractivity contribution in [2.24, 2.45) is 0 Å². The van der Waals surface area contributed by atoms with E-state index >= 15 is 0 Å². The Bertz CT molecular complexity index is 547. The second-order valence-electron chi connectivity index (χ2n) is 5.63. The largest absolute Gasteiger partial charge is 0.389 e. The molecule has 2 aromatic heterocycles. The Morgan fingerprint density at radius 2 is 2.25 bits per heavy atom. The van der Waals surface area contributed by atoms with Gasteiger partial charge in [0.15, 0.2) is 0 Å². The Balaban J connectivity index is 1.60. The summed E-state index contributed by atoms with van der Waals surface area (Å²) in [5, 5.41) is 18.4. The molecule has 0 aliphatic heterocycles. The second-order valence-corrected chi connectivity index (χ2v) is 6.41. The van der Waals surface area contributed by atoms with E-state index in [-0.39, 0.29) is 0 Å². The lowest BCUT2D eigenvalue weighted by atomic mass is 10.0. The SMILES string of the molecule is CN(Cc1nc(-c2ccsc2)no1)CC1(O)CCCC1. The number of aromatic nitrogens is 2. The van der Waals surface area contributed by atoms with Crippen molar-refractivity contribution in [3.63, 3.8) is 0 Å². The highest BCUT2D eigenvalue weighted by atomic mass is 32.1. The third-order valence-electron chi connectivity index (χ3n) is 3.75. The van der Waals surface area contributed by atoms with Gasteiger partial charge in [-0.3, -0.25) is 4.90 Å². The molecule has 108 valence electrons. The lowest BCUT2D eigenvalue weighted by Gasteiger charge is -2.27. The van der Waals surface area contributed by atoms with Crippen molar-refractivity contribution in [1.29, 1.82) is 0 Å². The van der Waals surface area contributed by atoms with Gasteiger partial charge in [0.05, 0.1) is 12.1 Å². The van der Waals surface area contributed by atoms with Crippen LogP contribution in [0.1, 0.15) is 31.6 Å². The first kappa shape index (κ1) is 13.7. The van der Waals surface area contributed by atoms with Gasteiger partial charge >= 0.3 is 0 Å². The van der Waals surface area contributed by atoms with E-state index < -0.39 is 5.60 Å². The quantitative estimate of drug-likeness (QED) is 0.918. The summed E-state index contributed by atoms with van der Waals surface area (Å²) in [6.07, 6.45) is 4.02. The number of hydrogen-bond donors (Lipinski definition) is 1. The van der Waals surface area contributed by atoms with Gasteiger partial charge in [-0.2, -0.15) is 16.3 Å². The molecule has 0 spiro atoms. The fourth-order valence-electron chi connectivity index (χ4n) is 2.81. The number of rotatable bonds is 5. The molecule has 1 N–H and O–H groups in total. The maximum absolute atomic E-state index is 10.4. The number of likely N-dealkylation sites (N-methyl/N-ethyl adjacent to an activating group) is 1. The standard InChI is InChI=1S/C14H19N3O2S/c1-17(10-14(18)5-2-3-6-14)8-12-15-13(16-19-12)11-4-7-20-9-11/h4,7,9,18H,2-3,5-6,8,10H2,1H3. The maximum Gasteiger partial charge on any atom is 0.241 e. The third kappa shape index (κ3) is 3.08. The van der Waals surface area contributed by atoms with Crippen LogP contribution in [-0.4, -0.2) is 39.3 Å². The highest BCUT2D eigenvalue weighted by molar-refractivity contribution is 7.08. The third-order valence-corrected chi connectivity index (χ3v) is 4.43. The molecule has 0 bridgehead atoms. The van der Waals surface area contributed by atoms with Crippen molar-refractivity contribution in [1.82, 2.24) is 15.0 Å². The summed E-state index contributed by atoms with van der Waals surface area (Å²) in [7, 11) is 1.98. The number of thiophene rings is 1. The van der Waals surface area contributed by atoms with Crippen LogP contribution in [0.4, 0.5) is 0 Å². The van der Waals surface area contributed by atoms with Crippen LogP contribution in [0.2, 0.25) is 0 Å². The van der Waals surface area contributed by atoms with Gasteiger partial charge in [0.25, 0.3) is 0 Å². The molecule has 3 rings (SSSR count). The minimum absolute atomic E-state index is 0.537. The summed E-state index contributed by atoms with van der Waals surface area (Å²) in [4.78, 5) is 6.45. The van der Waals surface area contributed by atoms with Gasteiger partial charge in [0.2, 0.25) is 11.7 Å². The molecule has 5 nitrogen and oxygen atoms in total. The van der Waals surface area contributed by atoms with E-state index in [1.807, 2.05) is 23.9 Å². The average Bonchev–Trinajstić information content (AvgIpc) is 3.08. The highest BCUT2D eigenvalue weighted by Gasteiger charge is 2.32. The monoisotopic (exact) mass is 293 g/mol. The van der Waals surface area contributed by atoms with E-state index in [1.54, 1.807) is 11.3 Å². The number of hydrogen-bond acceptors (Lipinski definition) is 6. The van der Waals surface area contributed by atoms with Crippen LogP contribution in [0.5, 0.6) is 0 Å². The van der Waals surface area contributed by atoms with Crippen LogP contribution in [-0.2, 0) is 6.54 Å². The minimum Gasteiger partial charge on any atom is -0.389 e. The summed E-state index contributed by atoms with van der Waals surface area (Å²) in [5.41, 5.74) is 0.451. The molecule has 0 radical (unpaired) electrons. The molecule has 1 saturated carbocycles. The fourth-order valence-corrected chi connectivity index (χ4v) is 3.44. The van der Waals surface area contributed by atoms with Crippen LogP contribution < -0.4 is 0 Å². The summed E-state index contributed by atoms with van der Waals surface area (Å²) in [6, 6.07) is 1.98. The molecule has 0 amide bonds. The Labute approximate surface area is 122 Å². The predicted molar refractivity (Wildman–Crippen MR) is 77.4 cm³/mol. The van der Waals surface area contributed by atoms with Gasteiger partial charge in [0.1, 0.15) is 0 Å². The van der Waals surface area contributed by atoms with E-state index in [2.05, 4.69) is 15.0 Å². The molecule has 1 fully saturated rings. The van der Waals surface area contributed by atoms with Crippen molar-refractivity contribution in [3.8, 4) is 11.4 Å². The van der Waals surface area contributed by atoms with Gasteiger partial charge in [-0.15, -0.1) is 0 Å². The summed E-state index contributed by atoms with van der Waals surface area (Å²) in [5.74, 6) is 1.23. The van der Waals surface area contributed by atoms with Crippen LogP contribution in [0.3, 0.4) is 0 Å². The molecule has 0 saturated heterocycles. The zero-order chi connectivity index (χ0) is 14.0. The zero-order valence-corrected chi connectivity index (χ0v) is 12.4. The van der Waals surface area contributed by atoms with Crippen molar-refractivity contribution < 1.29 is 9.63 Å². The second kappa shape index (κ2) is 5.63. The zero-order valence-electron chi connectivity index (χ0n) is 11.6.